The number of amides is 1. The Morgan fingerprint density at radius 1 is 0.943 bits per heavy atom. The van der Waals surface area contributed by atoms with Crippen LogP contribution in [0.1, 0.15) is 25.6 Å². The smallest absolute Gasteiger partial charge is 0.339 e. The highest BCUT2D eigenvalue weighted by atomic mass is 35.5. The summed E-state index contributed by atoms with van der Waals surface area (Å²) in [6, 6.07) is 24.3. The number of carbonyl (C=O) groups excluding carboxylic acids is 1. The number of benzene rings is 3. The molecule has 0 atom stereocenters. The van der Waals surface area contributed by atoms with Crippen molar-refractivity contribution in [2.24, 2.45) is 0 Å². The summed E-state index contributed by atoms with van der Waals surface area (Å²) in [6.07, 6.45) is 0. The number of hydrogen-bond donors (Lipinski definition) is 2. The van der Waals surface area contributed by atoms with E-state index in [4.69, 9.17) is 16.3 Å². The van der Waals surface area contributed by atoms with Crippen LogP contribution < -0.4 is 10.1 Å². The number of anilines is 1. The van der Waals surface area contributed by atoms with E-state index in [9.17, 15) is 14.7 Å². The lowest BCUT2D eigenvalue weighted by Gasteiger charge is -2.09. The van der Waals surface area contributed by atoms with Crippen LogP contribution in [0.5, 0.6) is 5.75 Å². The second-order valence-electron chi connectivity index (χ2n) is 7.65. The van der Waals surface area contributed by atoms with Crippen LogP contribution in [-0.4, -0.2) is 17.0 Å². The molecule has 0 aliphatic heterocycles. The van der Waals surface area contributed by atoms with Gasteiger partial charge in [-0.25, -0.2) is 4.79 Å². The SMILES string of the molecule is O=C(Nc1scc(-c2ccc(Cl)cc2)c1C(=O)O)c1sc2ccccc2c1OCc1ccccc1. The Bertz CT molecular complexity index is 1520. The van der Waals surface area contributed by atoms with Gasteiger partial charge in [0.25, 0.3) is 5.91 Å². The number of thiophene rings is 2. The molecule has 1 amide bonds. The minimum absolute atomic E-state index is 0.0403. The minimum Gasteiger partial charge on any atom is -0.487 e. The molecular weight excluding hydrogens is 502 g/mol. The van der Waals surface area contributed by atoms with Crippen molar-refractivity contribution in [1.29, 1.82) is 0 Å². The van der Waals surface area contributed by atoms with Crippen LogP contribution in [-0.2, 0) is 6.61 Å². The van der Waals surface area contributed by atoms with Crippen LogP contribution in [0.3, 0.4) is 0 Å². The van der Waals surface area contributed by atoms with Gasteiger partial charge in [-0.1, -0.05) is 66.2 Å². The number of hydrogen-bond acceptors (Lipinski definition) is 5. The first kappa shape index (κ1) is 23.1. The standard InChI is InChI=1S/C27H18ClNO4S2/c28-18-12-10-17(11-13-18)20-15-34-26(22(20)27(31)32)29-25(30)24-23(19-8-4-5-9-21(19)35-24)33-14-16-6-2-1-3-7-16/h1-13,15H,14H2,(H,29,30)(H,31,32). The third-order valence-corrected chi connectivity index (χ3v) is 7.67. The lowest BCUT2D eigenvalue weighted by molar-refractivity contribution is 0.0699. The fourth-order valence-corrected chi connectivity index (χ4v) is 5.83. The number of carboxylic acids is 1. The average Bonchev–Trinajstić information content (AvgIpc) is 3.45. The maximum atomic E-state index is 13.4. The maximum absolute atomic E-state index is 13.4. The van der Waals surface area contributed by atoms with Gasteiger partial charge in [-0.2, -0.15) is 0 Å². The van der Waals surface area contributed by atoms with E-state index in [1.165, 1.54) is 22.7 Å². The van der Waals surface area contributed by atoms with Crippen LogP contribution in [0.25, 0.3) is 21.2 Å². The molecule has 5 nitrogen and oxygen atoms in total. The molecule has 2 N–H and O–H groups in total. The van der Waals surface area contributed by atoms with E-state index in [0.29, 0.717) is 33.4 Å². The number of carbonyl (C=O) groups is 2. The van der Waals surface area contributed by atoms with Gasteiger partial charge in [0.05, 0.1) is 0 Å². The number of ether oxygens (including phenoxy) is 1. The first-order chi connectivity index (χ1) is 17.0. The molecule has 3 aromatic carbocycles. The molecule has 0 bridgehead atoms. The molecule has 0 fully saturated rings. The van der Waals surface area contributed by atoms with E-state index < -0.39 is 11.9 Å². The first-order valence-electron chi connectivity index (χ1n) is 10.6. The van der Waals surface area contributed by atoms with Gasteiger partial charge < -0.3 is 15.2 Å². The maximum Gasteiger partial charge on any atom is 0.339 e. The van der Waals surface area contributed by atoms with Crippen LogP contribution in [0.4, 0.5) is 5.00 Å². The molecule has 0 radical (unpaired) electrons. The Labute approximate surface area is 214 Å². The van der Waals surface area contributed by atoms with Crippen molar-refractivity contribution < 1.29 is 19.4 Å². The molecule has 0 spiro atoms. The third kappa shape index (κ3) is 4.79. The first-order valence-corrected chi connectivity index (χ1v) is 12.7. The molecular formula is C27H18ClNO4S2. The molecule has 8 heteroatoms. The molecule has 0 unspecified atom stereocenters. The summed E-state index contributed by atoms with van der Waals surface area (Å²) in [4.78, 5) is 25.9. The molecule has 174 valence electrons. The van der Waals surface area contributed by atoms with Crippen molar-refractivity contribution in [3.05, 3.63) is 105 Å². The lowest BCUT2D eigenvalue weighted by Crippen LogP contribution is -2.13. The molecule has 0 saturated carbocycles. The van der Waals surface area contributed by atoms with E-state index in [0.717, 1.165) is 15.6 Å². The summed E-state index contributed by atoms with van der Waals surface area (Å²) in [6.45, 7) is 0.307. The van der Waals surface area contributed by atoms with Crippen LogP contribution >= 0.6 is 34.3 Å². The fraction of sp³-hybridized carbons (Fsp3) is 0.0370. The Morgan fingerprint density at radius 2 is 1.66 bits per heavy atom. The number of fused-ring (bicyclic) bond motifs is 1. The molecule has 5 rings (SSSR count). The Balaban J connectivity index is 1.48. The molecule has 2 heterocycles. The summed E-state index contributed by atoms with van der Waals surface area (Å²) in [5.41, 5.74) is 2.25. The van der Waals surface area contributed by atoms with Crippen LogP contribution in [0, 0.1) is 0 Å². The second kappa shape index (κ2) is 9.92. The highest BCUT2D eigenvalue weighted by Crippen LogP contribution is 2.40. The monoisotopic (exact) mass is 519 g/mol. The van der Waals surface area contributed by atoms with Crippen molar-refractivity contribution >= 4 is 61.2 Å². The zero-order chi connectivity index (χ0) is 24.4. The molecule has 0 aliphatic carbocycles. The van der Waals surface area contributed by atoms with Crippen molar-refractivity contribution in [1.82, 2.24) is 0 Å². The largest absolute Gasteiger partial charge is 0.487 e. The summed E-state index contributed by atoms with van der Waals surface area (Å²) >= 11 is 8.45. The molecule has 0 saturated heterocycles. The van der Waals surface area contributed by atoms with Gasteiger partial charge in [0.2, 0.25) is 0 Å². The predicted octanol–water partition coefficient (Wildman–Crippen LogP) is 7.81. The molecule has 35 heavy (non-hydrogen) atoms. The average molecular weight is 520 g/mol. The van der Waals surface area contributed by atoms with Gasteiger partial charge in [-0.15, -0.1) is 22.7 Å². The summed E-state index contributed by atoms with van der Waals surface area (Å²) < 4.78 is 7.03. The number of halogens is 1. The Hall–Kier alpha value is -3.65. The zero-order valence-electron chi connectivity index (χ0n) is 18.2. The van der Waals surface area contributed by atoms with Gasteiger partial charge in [0.15, 0.2) is 5.75 Å². The number of nitrogens with one attached hydrogen (secondary N) is 1. The lowest BCUT2D eigenvalue weighted by atomic mass is 10.0. The Kier molecular flexibility index (Phi) is 6.55. The topological polar surface area (TPSA) is 75.6 Å². The Morgan fingerprint density at radius 3 is 2.40 bits per heavy atom. The molecule has 5 aromatic rings. The van der Waals surface area contributed by atoms with E-state index >= 15 is 0 Å². The van der Waals surface area contributed by atoms with Crippen molar-refractivity contribution in [2.45, 2.75) is 6.61 Å². The normalized spacial score (nSPS) is 10.9. The summed E-state index contributed by atoms with van der Waals surface area (Å²) in [5, 5.41) is 16.1. The van der Waals surface area contributed by atoms with Crippen LogP contribution in [0.2, 0.25) is 5.02 Å². The van der Waals surface area contributed by atoms with E-state index in [-0.39, 0.29) is 10.6 Å². The fourth-order valence-electron chi connectivity index (χ4n) is 3.71. The molecule has 2 aromatic heterocycles. The highest BCUT2D eigenvalue weighted by molar-refractivity contribution is 7.21. The third-order valence-electron chi connectivity index (χ3n) is 5.37. The predicted molar refractivity (Wildman–Crippen MR) is 142 cm³/mol. The van der Waals surface area contributed by atoms with E-state index in [1.54, 1.807) is 29.6 Å². The zero-order valence-corrected chi connectivity index (χ0v) is 20.5. The number of rotatable bonds is 7. The molecule has 0 aliphatic rings. The van der Waals surface area contributed by atoms with Crippen molar-refractivity contribution in [3.8, 4) is 16.9 Å². The van der Waals surface area contributed by atoms with Gasteiger partial charge >= 0.3 is 5.97 Å². The number of aromatic carboxylic acids is 1. The van der Waals surface area contributed by atoms with E-state index in [1.807, 2.05) is 54.6 Å². The van der Waals surface area contributed by atoms with Gasteiger partial charge in [-0.05, 0) is 35.4 Å². The summed E-state index contributed by atoms with van der Waals surface area (Å²) in [5.74, 6) is -1.05. The van der Waals surface area contributed by atoms with Gasteiger partial charge in [0, 0.05) is 26.1 Å². The van der Waals surface area contributed by atoms with Crippen molar-refractivity contribution in [3.63, 3.8) is 0 Å². The van der Waals surface area contributed by atoms with Crippen molar-refractivity contribution in [2.75, 3.05) is 5.32 Å². The number of carboxylic acid groups (broad SMARTS) is 1. The quantitative estimate of drug-likeness (QED) is 0.230. The van der Waals surface area contributed by atoms with E-state index in [2.05, 4.69) is 5.32 Å². The second-order valence-corrected chi connectivity index (χ2v) is 10.0. The van der Waals surface area contributed by atoms with Gasteiger partial charge in [0.1, 0.15) is 22.0 Å². The highest BCUT2D eigenvalue weighted by Gasteiger charge is 2.25. The van der Waals surface area contributed by atoms with Gasteiger partial charge in [-0.3, -0.25) is 4.79 Å². The minimum atomic E-state index is -1.12. The van der Waals surface area contributed by atoms with Crippen LogP contribution in [0.15, 0.2) is 84.2 Å². The summed E-state index contributed by atoms with van der Waals surface area (Å²) in [7, 11) is 0.